The highest BCUT2D eigenvalue weighted by Crippen LogP contribution is 2.22. The third kappa shape index (κ3) is 2.31. The Labute approximate surface area is 86.8 Å². The van der Waals surface area contributed by atoms with E-state index in [1.807, 2.05) is 0 Å². The van der Waals surface area contributed by atoms with Gasteiger partial charge in [-0.25, -0.2) is 4.39 Å². The molecule has 0 bridgehead atoms. The second-order valence-electron chi connectivity index (χ2n) is 2.88. The fourth-order valence-corrected chi connectivity index (χ4v) is 1.27. The van der Waals surface area contributed by atoms with Crippen LogP contribution in [0, 0.1) is 5.82 Å². The predicted molar refractivity (Wildman–Crippen MR) is 51.7 cm³/mol. The molecule has 0 saturated heterocycles. The second kappa shape index (κ2) is 4.86. The summed E-state index contributed by atoms with van der Waals surface area (Å²) in [6.07, 6.45) is -0.843. The summed E-state index contributed by atoms with van der Waals surface area (Å²) in [4.78, 5) is 10.9. The largest absolute Gasteiger partial charge is 0.366 e. The molecular weight excluding hydrogens is 201 g/mol. The van der Waals surface area contributed by atoms with Gasteiger partial charge in [-0.2, -0.15) is 0 Å². The molecule has 0 aliphatic carbocycles. The Hall–Kier alpha value is -1.46. The van der Waals surface area contributed by atoms with Crippen LogP contribution < -0.4 is 5.73 Å². The van der Waals surface area contributed by atoms with Gasteiger partial charge in [0.1, 0.15) is 5.82 Å². The van der Waals surface area contributed by atoms with Crippen LogP contribution in [0.2, 0.25) is 0 Å². The van der Waals surface area contributed by atoms with Crippen LogP contribution in [0.1, 0.15) is 22.2 Å². The second-order valence-corrected chi connectivity index (χ2v) is 2.88. The lowest BCUT2D eigenvalue weighted by molar-refractivity contribution is -0.107. The van der Waals surface area contributed by atoms with Crippen LogP contribution in [0.15, 0.2) is 18.2 Å². The number of halogens is 1. The average molecular weight is 213 g/mol. The van der Waals surface area contributed by atoms with Crippen LogP contribution in [-0.2, 0) is 9.47 Å². The molecule has 0 aromatic heterocycles. The van der Waals surface area contributed by atoms with E-state index in [9.17, 15) is 9.18 Å². The summed E-state index contributed by atoms with van der Waals surface area (Å²) in [5.74, 6) is -1.53. The van der Waals surface area contributed by atoms with Gasteiger partial charge in [0.15, 0.2) is 6.29 Å². The number of benzene rings is 1. The van der Waals surface area contributed by atoms with Gasteiger partial charge in [-0.15, -0.1) is 0 Å². The number of amides is 1. The Morgan fingerprint density at radius 3 is 2.47 bits per heavy atom. The van der Waals surface area contributed by atoms with E-state index in [0.29, 0.717) is 0 Å². The summed E-state index contributed by atoms with van der Waals surface area (Å²) in [5.41, 5.74) is 4.98. The molecule has 0 fully saturated rings. The SMILES string of the molecule is COC(OC)c1cccc(C(N)=O)c1F. The van der Waals surface area contributed by atoms with E-state index in [2.05, 4.69) is 0 Å². The summed E-state index contributed by atoms with van der Waals surface area (Å²) in [7, 11) is 2.76. The van der Waals surface area contributed by atoms with E-state index >= 15 is 0 Å². The fraction of sp³-hybridized carbons (Fsp3) is 0.300. The molecule has 0 radical (unpaired) electrons. The van der Waals surface area contributed by atoms with E-state index in [-0.39, 0.29) is 11.1 Å². The minimum atomic E-state index is -0.843. The number of nitrogens with two attached hydrogens (primary N) is 1. The lowest BCUT2D eigenvalue weighted by Crippen LogP contribution is -2.16. The molecule has 1 amide bonds. The van der Waals surface area contributed by atoms with Crippen molar-refractivity contribution in [2.75, 3.05) is 14.2 Å². The number of methoxy groups -OCH3 is 2. The highest BCUT2D eigenvalue weighted by Gasteiger charge is 2.18. The zero-order valence-electron chi connectivity index (χ0n) is 8.49. The maximum atomic E-state index is 13.7. The van der Waals surface area contributed by atoms with Gasteiger partial charge >= 0.3 is 0 Å². The van der Waals surface area contributed by atoms with Gasteiger partial charge in [0.05, 0.1) is 5.56 Å². The van der Waals surface area contributed by atoms with Crippen molar-refractivity contribution >= 4 is 5.91 Å². The van der Waals surface area contributed by atoms with Gasteiger partial charge in [-0.1, -0.05) is 12.1 Å². The maximum absolute atomic E-state index is 13.7. The highest BCUT2D eigenvalue weighted by atomic mass is 19.1. The van der Waals surface area contributed by atoms with Gasteiger partial charge in [-0.05, 0) is 6.07 Å². The smallest absolute Gasteiger partial charge is 0.251 e. The Bertz CT molecular complexity index is 364. The Morgan fingerprint density at radius 2 is 2.00 bits per heavy atom. The van der Waals surface area contributed by atoms with Gasteiger partial charge in [-0.3, -0.25) is 4.79 Å². The standard InChI is InChI=1S/C10H12FNO3/c1-14-10(15-2)7-5-3-4-6(8(7)11)9(12)13/h3-5,10H,1-2H3,(H2,12,13). The first-order valence-electron chi connectivity index (χ1n) is 4.25. The highest BCUT2D eigenvalue weighted by molar-refractivity contribution is 5.93. The molecule has 0 heterocycles. The molecule has 82 valence electrons. The third-order valence-electron chi connectivity index (χ3n) is 1.98. The minimum Gasteiger partial charge on any atom is -0.366 e. The molecule has 5 heteroatoms. The molecule has 0 atom stereocenters. The monoisotopic (exact) mass is 213 g/mol. The Kier molecular flexibility index (Phi) is 3.76. The molecule has 0 aliphatic heterocycles. The predicted octanol–water partition coefficient (Wildman–Crippen LogP) is 1.22. The normalized spacial score (nSPS) is 10.7. The van der Waals surface area contributed by atoms with Crippen LogP contribution in [-0.4, -0.2) is 20.1 Å². The molecular formula is C10H12FNO3. The summed E-state index contributed by atoms with van der Waals surface area (Å²) in [6.45, 7) is 0. The van der Waals surface area contributed by atoms with Crippen molar-refractivity contribution in [2.24, 2.45) is 5.73 Å². The van der Waals surface area contributed by atoms with E-state index < -0.39 is 18.0 Å². The summed E-state index contributed by atoms with van der Waals surface area (Å²) < 4.78 is 23.5. The molecule has 1 aromatic rings. The first-order valence-corrected chi connectivity index (χ1v) is 4.25. The zero-order chi connectivity index (χ0) is 11.4. The van der Waals surface area contributed by atoms with Crippen molar-refractivity contribution in [2.45, 2.75) is 6.29 Å². The van der Waals surface area contributed by atoms with Crippen molar-refractivity contribution in [1.82, 2.24) is 0 Å². The first kappa shape index (κ1) is 11.6. The van der Waals surface area contributed by atoms with Gasteiger partial charge in [0.2, 0.25) is 0 Å². The third-order valence-corrected chi connectivity index (χ3v) is 1.98. The topological polar surface area (TPSA) is 61.6 Å². The minimum absolute atomic E-state index is 0.149. The molecule has 15 heavy (non-hydrogen) atoms. The van der Waals surface area contributed by atoms with Crippen LogP contribution >= 0.6 is 0 Å². The van der Waals surface area contributed by atoms with Crippen molar-refractivity contribution in [3.05, 3.63) is 35.1 Å². The quantitative estimate of drug-likeness (QED) is 0.765. The van der Waals surface area contributed by atoms with Gasteiger partial charge < -0.3 is 15.2 Å². The van der Waals surface area contributed by atoms with Crippen LogP contribution in [0.25, 0.3) is 0 Å². The van der Waals surface area contributed by atoms with Crippen molar-refractivity contribution in [3.63, 3.8) is 0 Å². The molecule has 2 N–H and O–H groups in total. The number of ether oxygens (including phenoxy) is 2. The number of hydrogen-bond acceptors (Lipinski definition) is 3. The van der Waals surface area contributed by atoms with Crippen molar-refractivity contribution in [1.29, 1.82) is 0 Å². The van der Waals surface area contributed by atoms with Crippen molar-refractivity contribution in [3.8, 4) is 0 Å². The Morgan fingerprint density at radius 1 is 1.40 bits per heavy atom. The lowest BCUT2D eigenvalue weighted by atomic mass is 10.1. The van der Waals surface area contributed by atoms with Gasteiger partial charge in [0, 0.05) is 19.8 Å². The lowest BCUT2D eigenvalue weighted by Gasteiger charge is -2.15. The van der Waals surface area contributed by atoms with Gasteiger partial charge in [0.25, 0.3) is 5.91 Å². The van der Waals surface area contributed by atoms with Crippen LogP contribution in [0.3, 0.4) is 0 Å². The van der Waals surface area contributed by atoms with E-state index in [1.54, 1.807) is 0 Å². The van der Waals surface area contributed by atoms with E-state index in [4.69, 9.17) is 15.2 Å². The van der Waals surface area contributed by atoms with Crippen molar-refractivity contribution < 1.29 is 18.7 Å². The zero-order valence-corrected chi connectivity index (χ0v) is 8.49. The van der Waals surface area contributed by atoms with E-state index in [1.165, 1.54) is 32.4 Å². The number of carbonyl (C=O) groups is 1. The molecule has 4 nitrogen and oxygen atoms in total. The van der Waals surface area contributed by atoms with E-state index in [0.717, 1.165) is 0 Å². The summed E-state index contributed by atoms with van der Waals surface area (Å²) >= 11 is 0. The molecule has 1 rings (SSSR count). The Balaban J connectivity index is 3.19. The molecule has 0 unspecified atom stereocenters. The van der Waals surface area contributed by atoms with Crippen LogP contribution in [0.5, 0.6) is 0 Å². The first-order chi connectivity index (χ1) is 7.11. The fourth-order valence-electron chi connectivity index (χ4n) is 1.27. The number of carbonyl (C=O) groups excluding carboxylic acids is 1. The number of rotatable bonds is 4. The summed E-state index contributed by atoms with van der Waals surface area (Å²) in [5, 5.41) is 0. The summed E-state index contributed by atoms with van der Waals surface area (Å²) in [6, 6.07) is 4.30. The molecule has 0 aliphatic rings. The average Bonchev–Trinajstić information content (AvgIpc) is 2.21. The number of hydrogen-bond donors (Lipinski definition) is 1. The van der Waals surface area contributed by atoms with Crippen LogP contribution in [0.4, 0.5) is 4.39 Å². The maximum Gasteiger partial charge on any atom is 0.251 e. The molecule has 0 spiro atoms. The molecule has 0 saturated carbocycles. The molecule has 1 aromatic carbocycles. The number of primary amides is 1.